The van der Waals surface area contributed by atoms with Crippen molar-refractivity contribution >= 4 is 5.78 Å². The van der Waals surface area contributed by atoms with Gasteiger partial charge in [0, 0.05) is 24.4 Å². The van der Waals surface area contributed by atoms with Crippen molar-refractivity contribution in [3.63, 3.8) is 0 Å². The first-order valence-electron chi connectivity index (χ1n) is 8.65. The largest absolute Gasteiger partial charge is 0.299 e. The van der Waals surface area contributed by atoms with E-state index < -0.39 is 0 Å². The first-order valence-corrected chi connectivity index (χ1v) is 8.65. The van der Waals surface area contributed by atoms with Crippen LogP contribution in [0.5, 0.6) is 0 Å². The number of hydrogen-bond acceptors (Lipinski definition) is 2. The minimum absolute atomic E-state index is 0.385. The molecule has 3 rings (SSSR count). The lowest BCUT2D eigenvalue weighted by Crippen LogP contribution is -2.52. The van der Waals surface area contributed by atoms with Crippen molar-refractivity contribution in [1.29, 1.82) is 0 Å². The Bertz CT molecular complexity index is 308. The van der Waals surface area contributed by atoms with E-state index in [1.807, 2.05) is 0 Å². The zero-order valence-corrected chi connectivity index (χ0v) is 12.3. The summed E-state index contributed by atoms with van der Waals surface area (Å²) in [6.07, 6.45) is 15.5. The van der Waals surface area contributed by atoms with E-state index in [1.54, 1.807) is 0 Å². The SMILES string of the molecule is O=C1CCCCC1C1CCCCN1C1CCCCC1. The summed E-state index contributed by atoms with van der Waals surface area (Å²) >= 11 is 0. The summed E-state index contributed by atoms with van der Waals surface area (Å²) in [6, 6.07) is 1.40. The molecule has 1 heterocycles. The van der Waals surface area contributed by atoms with Crippen molar-refractivity contribution in [2.75, 3.05) is 6.54 Å². The Hall–Kier alpha value is -0.370. The predicted molar refractivity (Wildman–Crippen MR) is 78.2 cm³/mol. The normalized spacial score (nSPS) is 35.5. The molecule has 3 fully saturated rings. The molecular weight excluding hydrogens is 234 g/mol. The van der Waals surface area contributed by atoms with Gasteiger partial charge < -0.3 is 0 Å². The van der Waals surface area contributed by atoms with E-state index >= 15 is 0 Å². The van der Waals surface area contributed by atoms with Crippen LogP contribution < -0.4 is 0 Å². The summed E-state index contributed by atoms with van der Waals surface area (Å²) in [4.78, 5) is 15.1. The lowest BCUT2D eigenvalue weighted by molar-refractivity contribution is -0.128. The molecule has 2 unspecified atom stereocenters. The van der Waals surface area contributed by atoms with E-state index in [-0.39, 0.29) is 0 Å². The van der Waals surface area contributed by atoms with E-state index in [0.717, 1.165) is 18.9 Å². The van der Waals surface area contributed by atoms with Crippen LogP contribution in [0.4, 0.5) is 0 Å². The molecule has 0 aromatic carbocycles. The number of likely N-dealkylation sites (tertiary alicyclic amines) is 1. The van der Waals surface area contributed by atoms with Crippen LogP contribution in [0.2, 0.25) is 0 Å². The summed E-state index contributed by atoms with van der Waals surface area (Å²) in [6.45, 7) is 1.26. The van der Waals surface area contributed by atoms with Gasteiger partial charge in [-0.1, -0.05) is 32.1 Å². The number of ketones is 1. The first kappa shape index (κ1) is 13.6. The van der Waals surface area contributed by atoms with Gasteiger partial charge in [-0.05, 0) is 45.1 Å². The average Bonchev–Trinajstić information content (AvgIpc) is 2.49. The third-order valence-electron chi connectivity index (χ3n) is 5.70. The van der Waals surface area contributed by atoms with Gasteiger partial charge in [-0.3, -0.25) is 9.69 Å². The van der Waals surface area contributed by atoms with Crippen molar-refractivity contribution in [3.05, 3.63) is 0 Å². The molecule has 1 aliphatic heterocycles. The fourth-order valence-corrected chi connectivity index (χ4v) is 4.69. The maximum atomic E-state index is 12.3. The topological polar surface area (TPSA) is 20.3 Å². The van der Waals surface area contributed by atoms with Crippen LogP contribution in [0.15, 0.2) is 0 Å². The maximum Gasteiger partial charge on any atom is 0.137 e. The summed E-state index contributed by atoms with van der Waals surface area (Å²) in [5.41, 5.74) is 0. The Kier molecular flexibility index (Phi) is 4.57. The van der Waals surface area contributed by atoms with E-state index in [4.69, 9.17) is 0 Å². The Morgan fingerprint density at radius 3 is 2.32 bits per heavy atom. The monoisotopic (exact) mass is 263 g/mol. The molecule has 2 heteroatoms. The third-order valence-corrected chi connectivity index (χ3v) is 5.70. The number of rotatable bonds is 2. The predicted octanol–water partition coefficient (Wildman–Crippen LogP) is 3.93. The molecular formula is C17H29NO. The van der Waals surface area contributed by atoms with E-state index in [0.29, 0.717) is 17.7 Å². The van der Waals surface area contributed by atoms with Crippen LogP contribution in [-0.2, 0) is 4.79 Å². The second kappa shape index (κ2) is 6.39. The molecule has 1 saturated heterocycles. The highest BCUT2D eigenvalue weighted by Gasteiger charge is 2.38. The van der Waals surface area contributed by atoms with Gasteiger partial charge >= 0.3 is 0 Å². The molecule has 2 saturated carbocycles. The van der Waals surface area contributed by atoms with Crippen LogP contribution in [0.3, 0.4) is 0 Å². The molecule has 19 heavy (non-hydrogen) atoms. The summed E-state index contributed by atoms with van der Waals surface area (Å²) in [5, 5.41) is 0. The minimum atomic E-state index is 0.385. The van der Waals surface area contributed by atoms with Gasteiger partial charge in [0.2, 0.25) is 0 Å². The maximum absolute atomic E-state index is 12.3. The van der Waals surface area contributed by atoms with Crippen LogP contribution in [0.25, 0.3) is 0 Å². The van der Waals surface area contributed by atoms with Crippen LogP contribution >= 0.6 is 0 Å². The molecule has 3 aliphatic rings. The van der Waals surface area contributed by atoms with Gasteiger partial charge in [-0.25, -0.2) is 0 Å². The van der Waals surface area contributed by atoms with Crippen molar-refractivity contribution in [3.8, 4) is 0 Å². The molecule has 108 valence electrons. The van der Waals surface area contributed by atoms with E-state index in [2.05, 4.69) is 4.90 Å². The highest BCUT2D eigenvalue weighted by atomic mass is 16.1. The molecule has 2 nitrogen and oxygen atoms in total. The molecule has 0 bridgehead atoms. The average molecular weight is 263 g/mol. The van der Waals surface area contributed by atoms with Gasteiger partial charge in [0.05, 0.1) is 0 Å². The first-order chi connectivity index (χ1) is 9.36. The van der Waals surface area contributed by atoms with Crippen LogP contribution in [0, 0.1) is 5.92 Å². The third kappa shape index (κ3) is 3.04. The Labute approximate surface area is 117 Å². The zero-order valence-electron chi connectivity index (χ0n) is 12.3. The summed E-state index contributed by atoms with van der Waals surface area (Å²) in [7, 11) is 0. The number of nitrogens with zero attached hydrogens (tertiary/aromatic N) is 1. The standard InChI is InChI=1S/C17H29NO/c19-17-12-5-4-10-15(17)16-11-6-7-13-18(16)14-8-2-1-3-9-14/h14-16H,1-13H2. The Balaban J connectivity index is 1.70. The highest BCUT2D eigenvalue weighted by Crippen LogP contribution is 2.35. The number of hydrogen-bond donors (Lipinski definition) is 0. The summed E-state index contributed by atoms with van der Waals surface area (Å²) < 4.78 is 0. The molecule has 2 atom stereocenters. The molecule has 0 N–H and O–H groups in total. The molecule has 0 aromatic heterocycles. The fourth-order valence-electron chi connectivity index (χ4n) is 4.69. The lowest BCUT2D eigenvalue weighted by atomic mass is 9.77. The molecule has 0 amide bonds. The highest BCUT2D eigenvalue weighted by molar-refractivity contribution is 5.82. The summed E-state index contributed by atoms with van der Waals surface area (Å²) in [5.74, 6) is 0.968. The second-order valence-corrected chi connectivity index (χ2v) is 6.91. The van der Waals surface area contributed by atoms with E-state index in [9.17, 15) is 4.79 Å². The van der Waals surface area contributed by atoms with Crippen molar-refractivity contribution in [2.45, 2.75) is 89.1 Å². The van der Waals surface area contributed by atoms with Gasteiger partial charge in [0.1, 0.15) is 5.78 Å². The Morgan fingerprint density at radius 1 is 0.789 bits per heavy atom. The minimum Gasteiger partial charge on any atom is -0.299 e. The molecule has 0 radical (unpaired) electrons. The van der Waals surface area contributed by atoms with Crippen molar-refractivity contribution in [2.24, 2.45) is 5.92 Å². The number of carbonyl (C=O) groups excluding carboxylic acids is 1. The van der Waals surface area contributed by atoms with Crippen LogP contribution in [0.1, 0.15) is 77.0 Å². The van der Waals surface area contributed by atoms with Crippen molar-refractivity contribution in [1.82, 2.24) is 4.90 Å². The van der Waals surface area contributed by atoms with Crippen LogP contribution in [-0.4, -0.2) is 29.3 Å². The smallest absolute Gasteiger partial charge is 0.137 e. The lowest BCUT2D eigenvalue weighted by Gasteiger charge is -2.46. The molecule has 0 aromatic rings. The number of carbonyl (C=O) groups is 1. The second-order valence-electron chi connectivity index (χ2n) is 6.91. The number of piperidine rings is 1. The fraction of sp³-hybridized carbons (Fsp3) is 0.941. The van der Waals surface area contributed by atoms with Crippen molar-refractivity contribution < 1.29 is 4.79 Å². The quantitative estimate of drug-likeness (QED) is 0.752. The molecule has 2 aliphatic carbocycles. The van der Waals surface area contributed by atoms with Gasteiger partial charge in [0.25, 0.3) is 0 Å². The Morgan fingerprint density at radius 2 is 1.53 bits per heavy atom. The van der Waals surface area contributed by atoms with Gasteiger partial charge in [-0.2, -0.15) is 0 Å². The van der Waals surface area contributed by atoms with E-state index in [1.165, 1.54) is 70.8 Å². The van der Waals surface area contributed by atoms with Gasteiger partial charge in [0.15, 0.2) is 0 Å². The zero-order chi connectivity index (χ0) is 13.1. The van der Waals surface area contributed by atoms with Gasteiger partial charge in [-0.15, -0.1) is 0 Å². The molecule has 0 spiro atoms. The number of Topliss-reactive ketones (excluding diaryl/α,β-unsaturated/α-hetero) is 1.